The summed E-state index contributed by atoms with van der Waals surface area (Å²) in [7, 11) is 0. The predicted molar refractivity (Wildman–Crippen MR) is 87.1 cm³/mol. The fourth-order valence-electron chi connectivity index (χ4n) is 3.02. The van der Waals surface area contributed by atoms with Gasteiger partial charge in [0.2, 0.25) is 6.10 Å². The fourth-order valence-corrected chi connectivity index (χ4v) is 3.22. The van der Waals surface area contributed by atoms with Crippen LogP contribution in [0.1, 0.15) is 37.7 Å². The molecule has 0 saturated carbocycles. The smallest absolute Gasteiger partial charge is 0.266 e. The van der Waals surface area contributed by atoms with Crippen LogP contribution in [-0.4, -0.2) is 35.7 Å². The van der Waals surface area contributed by atoms with Crippen LogP contribution in [0.3, 0.4) is 0 Å². The van der Waals surface area contributed by atoms with Crippen LogP contribution >= 0.6 is 11.6 Å². The van der Waals surface area contributed by atoms with E-state index in [2.05, 4.69) is 5.16 Å². The predicted octanol–water partition coefficient (Wildman–Crippen LogP) is 3.43. The third-order valence-corrected chi connectivity index (χ3v) is 4.64. The third-order valence-electron chi connectivity index (χ3n) is 4.28. The van der Waals surface area contributed by atoms with E-state index < -0.39 is 6.10 Å². The molecule has 2 aliphatic heterocycles. The molecule has 0 N–H and O–H groups in total. The van der Waals surface area contributed by atoms with E-state index >= 15 is 0 Å². The zero-order valence-electron chi connectivity index (χ0n) is 12.6. The Labute approximate surface area is 136 Å². The van der Waals surface area contributed by atoms with Gasteiger partial charge >= 0.3 is 0 Å². The van der Waals surface area contributed by atoms with Gasteiger partial charge in [-0.1, -0.05) is 47.8 Å². The summed E-state index contributed by atoms with van der Waals surface area (Å²) in [5.41, 5.74) is 1.91. The number of hydrogen-bond acceptors (Lipinski definition) is 3. The Morgan fingerprint density at radius 2 is 1.95 bits per heavy atom. The highest BCUT2D eigenvalue weighted by molar-refractivity contribution is 6.31. The van der Waals surface area contributed by atoms with Crippen molar-refractivity contribution in [1.82, 2.24) is 4.90 Å². The molecule has 1 aromatic carbocycles. The summed E-state index contributed by atoms with van der Waals surface area (Å²) >= 11 is 6.17. The number of hydrogen-bond donors (Lipinski definition) is 0. The van der Waals surface area contributed by atoms with Crippen molar-refractivity contribution in [3.63, 3.8) is 0 Å². The van der Waals surface area contributed by atoms with E-state index in [1.165, 1.54) is 12.8 Å². The molecule has 22 heavy (non-hydrogen) atoms. The molecular weight excluding hydrogens is 300 g/mol. The first-order chi connectivity index (χ1) is 10.7. The Kier molecular flexibility index (Phi) is 4.98. The van der Waals surface area contributed by atoms with E-state index in [0.717, 1.165) is 42.2 Å². The third kappa shape index (κ3) is 3.61. The van der Waals surface area contributed by atoms with Crippen LogP contribution in [0, 0.1) is 0 Å². The van der Waals surface area contributed by atoms with Crippen molar-refractivity contribution < 1.29 is 9.63 Å². The lowest BCUT2D eigenvalue weighted by Crippen LogP contribution is -2.39. The zero-order valence-corrected chi connectivity index (χ0v) is 13.4. The van der Waals surface area contributed by atoms with Gasteiger partial charge in [0.05, 0.1) is 5.71 Å². The Balaban J connectivity index is 1.57. The van der Waals surface area contributed by atoms with E-state index in [1.54, 1.807) is 0 Å². The molecule has 1 atom stereocenters. The van der Waals surface area contributed by atoms with Gasteiger partial charge in [0, 0.05) is 31.0 Å². The van der Waals surface area contributed by atoms with Crippen molar-refractivity contribution in [1.29, 1.82) is 0 Å². The largest absolute Gasteiger partial charge is 0.382 e. The highest BCUT2D eigenvalue weighted by atomic mass is 35.5. The van der Waals surface area contributed by atoms with Crippen molar-refractivity contribution >= 4 is 23.2 Å². The lowest BCUT2D eigenvalue weighted by atomic mass is 10.0. The maximum absolute atomic E-state index is 12.5. The van der Waals surface area contributed by atoms with Crippen molar-refractivity contribution in [2.45, 2.75) is 44.6 Å². The molecule has 1 fully saturated rings. The van der Waals surface area contributed by atoms with Gasteiger partial charge in [-0.05, 0) is 24.5 Å². The SMILES string of the molecule is O=C(C1CC(Cc2ccccc2Cl)=NO1)N1CCCCCC1. The number of nitrogens with zero attached hydrogens (tertiary/aromatic N) is 2. The molecule has 1 unspecified atom stereocenters. The molecule has 3 rings (SSSR count). The van der Waals surface area contributed by atoms with Gasteiger partial charge in [-0.25, -0.2) is 0 Å². The van der Waals surface area contributed by atoms with E-state index in [1.807, 2.05) is 29.2 Å². The number of oxime groups is 1. The van der Waals surface area contributed by atoms with Crippen molar-refractivity contribution in [2.75, 3.05) is 13.1 Å². The van der Waals surface area contributed by atoms with Crippen LogP contribution in [0.15, 0.2) is 29.4 Å². The summed E-state index contributed by atoms with van der Waals surface area (Å²) in [6.07, 6.45) is 5.37. The number of carbonyl (C=O) groups excluding carboxylic acids is 1. The summed E-state index contributed by atoms with van der Waals surface area (Å²) in [6, 6.07) is 7.71. The summed E-state index contributed by atoms with van der Waals surface area (Å²) in [6.45, 7) is 1.69. The van der Waals surface area contributed by atoms with Crippen molar-refractivity contribution in [3.05, 3.63) is 34.9 Å². The highest BCUT2D eigenvalue weighted by Gasteiger charge is 2.32. The first-order valence-corrected chi connectivity index (χ1v) is 8.35. The second-order valence-corrected chi connectivity index (χ2v) is 6.37. The van der Waals surface area contributed by atoms with Crippen LogP contribution < -0.4 is 0 Å². The standard InChI is InChI=1S/C17H21ClN2O2/c18-15-8-4-3-7-13(15)11-14-12-16(22-19-14)17(21)20-9-5-1-2-6-10-20/h3-4,7-8,16H,1-2,5-6,9-12H2. The minimum absolute atomic E-state index is 0.0832. The summed E-state index contributed by atoms with van der Waals surface area (Å²) < 4.78 is 0. The normalized spacial score (nSPS) is 22.0. The first kappa shape index (κ1) is 15.3. The van der Waals surface area contributed by atoms with Gasteiger partial charge in [-0.3, -0.25) is 4.79 Å². The molecule has 118 valence electrons. The minimum Gasteiger partial charge on any atom is -0.382 e. The van der Waals surface area contributed by atoms with Gasteiger partial charge in [0.1, 0.15) is 0 Å². The summed E-state index contributed by atoms with van der Waals surface area (Å²) in [5, 5.41) is 4.83. The van der Waals surface area contributed by atoms with Crippen LogP contribution in [-0.2, 0) is 16.1 Å². The molecule has 0 aliphatic carbocycles. The number of amides is 1. The molecule has 0 radical (unpaired) electrons. The lowest BCUT2D eigenvalue weighted by Gasteiger charge is -2.22. The number of benzene rings is 1. The second-order valence-electron chi connectivity index (χ2n) is 5.96. The topological polar surface area (TPSA) is 41.9 Å². The van der Waals surface area contributed by atoms with Crippen LogP contribution in [0.25, 0.3) is 0 Å². The molecule has 2 aliphatic rings. The maximum atomic E-state index is 12.5. The zero-order chi connectivity index (χ0) is 15.4. The Morgan fingerprint density at radius 3 is 2.68 bits per heavy atom. The minimum atomic E-state index is -0.449. The van der Waals surface area contributed by atoms with E-state index in [4.69, 9.17) is 16.4 Å². The van der Waals surface area contributed by atoms with Gasteiger partial charge in [0.15, 0.2) is 0 Å². The fraction of sp³-hybridized carbons (Fsp3) is 0.529. The molecule has 0 bridgehead atoms. The van der Waals surface area contributed by atoms with Crippen LogP contribution in [0.4, 0.5) is 0 Å². The molecule has 1 aromatic rings. The van der Waals surface area contributed by atoms with Gasteiger partial charge in [-0.15, -0.1) is 0 Å². The number of rotatable bonds is 3. The quantitative estimate of drug-likeness (QED) is 0.856. The molecular formula is C17H21ClN2O2. The van der Waals surface area contributed by atoms with E-state index in [0.29, 0.717) is 12.8 Å². The van der Waals surface area contributed by atoms with E-state index in [-0.39, 0.29) is 5.91 Å². The molecule has 0 aromatic heterocycles. The maximum Gasteiger partial charge on any atom is 0.266 e. The monoisotopic (exact) mass is 320 g/mol. The molecule has 4 nitrogen and oxygen atoms in total. The number of halogens is 1. The first-order valence-electron chi connectivity index (χ1n) is 7.98. The molecule has 2 heterocycles. The number of likely N-dealkylation sites (tertiary alicyclic amines) is 1. The van der Waals surface area contributed by atoms with Gasteiger partial charge < -0.3 is 9.74 Å². The van der Waals surface area contributed by atoms with Crippen LogP contribution in [0.2, 0.25) is 5.02 Å². The van der Waals surface area contributed by atoms with Gasteiger partial charge in [0.25, 0.3) is 5.91 Å². The average molecular weight is 321 g/mol. The molecule has 1 saturated heterocycles. The highest BCUT2D eigenvalue weighted by Crippen LogP contribution is 2.22. The Morgan fingerprint density at radius 1 is 1.23 bits per heavy atom. The lowest BCUT2D eigenvalue weighted by molar-refractivity contribution is -0.142. The number of carbonyl (C=O) groups is 1. The average Bonchev–Trinajstić information content (AvgIpc) is 2.82. The molecule has 5 heteroatoms. The van der Waals surface area contributed by atoms with Gasteiger partial charge in [-0.2, -0.15) is 0 Å². The Bertz CT molecular complexity index is 566. The van der Waals surface area contributed by atoms with E-state index in [9.17, 15) is 4.79 Å². The molecule has 0 spiro atoms. The van der Waals surface area contributed by atoms with Crippen LogP contribution in [0.5, 0.6) is 0 Å². The Hall–Kier alpha value is -1.55. The summed E-state index contributed by atoms with van der Waals surface area (Å²) in [5.74, 6) is 0.0832. The van der Waals surface area contributed by atoms with Crippen molar-refractivity contribution in [3.8, 4) is 0 Å². The summed E-state index contributed by atoms with van der Waals surface area (Å²) in [4.78, 5) is 19.8. The second kappa shape index (κ2) is 7.14. The molecule has 1 amide bonds. The van der Waals surface area contributed by atoms with Crippen molar-refractivity contribution in [2.24, 2.45) is 5.16 Å².